The number of nitro groups is 1. The molecular weight excluding hydrogens is 354 g/mol. The maximum absolute atomic E-state index is 12.0. The molecule has 0 spiro atoms. The number of aromatic nitrogens is 3. The summed E-state index contributed by atoms with van der Waals surface area (Å²) in [5, 5.41) is 14.4. The molecule has 2 N–H and O–H groups in total. The van der Waals surface area contributed by atoms with Crippen LogP contribution in [-0.2, 0) is 4.79 Å². The topological polar surface area (TPSA) is 114 Å². The number of carbonyl (C=O) groups is 1. The second kappa shape index (κ2) is 6.85. The maximum atomic E-state index is 12.0. The van der Waals surface area contributed by atoms with Gasteiger partial charge in [0, 0.05) is 12.3 Å². The van der Waals surface area contributed by atoms with E-state index in [4.69, 9.17) is 11.6 Å². The smallest absolute Gasteiger partial charge is 0.292 e. The largest absolute Gasteiger partial charge is 0.331 e. The van der Waals surface area contributed by atoms with Crippen molar-refractivity contribution in [2.24, 2.45) is 0 Å². The maximum Gasteiger partial charge on any atom is 0.292 e. The molecule has 0 aliphatic rings. The van der Waals surface area contributed by atoms with Crippen LogP contribution in [0.3, 0.4) is 0 Å². The van der Waals surface area contributed by atoms with Crippen LogP contribution in [0.15, 0.2) is 41.7 Å². The summed E-state index contributed by atoms with van der Waals surface area (Å²) in [7, 11) is 0. The summed E-state index contributed by atoms with van der Waals surface area (Å²) in [6, 6.07) is 7.65. The van der Waals surface area contributed by atoms with Crippen LogP contribution >= 0.6 is 23.4 Å². The quantitative estimate of drug-likeness (QED) is 0.408. The van der Waals surface area contributed by atoms with E-state index in [1.165, 1.54) is 24.4 Å². The van der Waals surface area contributed by atoms with Crippen molar-refractivity contribution in [3.63, 3.8) is 0 Å². The van der Waals surface area contributed by atoms with E-state index >= 15 is 0 Å². The average molecular weight is 364 g/mol. The number of carbonyl (C=O) groups excluding carboxylic acids is 1. The van der Waals surface area contributed by atoms with Gasteiger partial charge in [-0.25, -0.2) is 9.97 Å². The van der Waals surface area contributed by atoms with Crippen LogP contribution in [0.25, 0.3) is 11.2 Å². The Morgan fingerprint density at radius 1 is 1.42 bits per heavy atom. The van der Waals surface area contributed by atoms with Gasteiger partial charge < -0.3 is 10.3 Å². The highest BCUT2D eigenvalue weighted by Gasteiger charge is 2.15. The molecule has 1 amide bonds. The molecule has 122 valence electrons. The first-order valence-corrected chi connectivity index (χ1v) is 8.06. The highest BCUT2D eigenvalue weighted by molar-refractivity contribution is 7.99. The molecule has 0 aliphatic heterocycles. The van der Waals surface area contributed by atoms with E-state index < -0.39 is 4.92 Å². The Bertz CT molecular complexity index is 930. The lowest BCUT2D eigenvalue weighted by molar-refractivity contribution is -0.383. The lowest BCUT2D eigenvalue weighted by Crippen LogP contribution is -2.15. The van der Waals surface area contributed by atoms with Gasteiger partial charge in [0.05, 0.1) is 21.2 Å². The normalized spacial score (nSPS) is 10.7. The number of nitro benzene ring substituents is 1. The first-order chi connectivity index (χ1) is 11.5. The number of anilines is 1. The van der Waals surface area contributed by atoms with E-state index in [2.05, 4.69) is 20.3 Å². The number of halogens is 1. The van der Waals surface area contributed by atoms with Gasteiger partial charge in [0.25, 0.3) is 5.69 Å². The van der Waals surface area contributed by atoms with Crippen molar-refractivity contribution in [1.82, 2.24) is 15.0 Å². The summed E-state index contributed by atoms with van der Waals surface area (Å²) in [4.78, 5) is 33.7. The molecule has 0 fully saturated rings. The van der Waals surface area contributed by atoms with E-state index in [-0.39, 0.29) is 23.0 Å². The van der Waals surface area contributed by atoms with Gasteiger partial charge in [-0.15, -0.1) is 0 Å². The molecule has 3 aromatic rings. The molecule has 1 aromatic carbocycles. The van der Waals surface area contributed by atoms with Gasteiger partial charge in [-0.2, -0.15) is 0 Å². The zero-order valence-electron chi connectivity index (χ0n) is 12.0. The molecule has 24 heavy (non-hydrogen) atoms. The molecule has 2 heterocycles. The third kappa shape index (κ3) is 3.63. The molecule has 0 saturated heterocycles. The molecule has 0 aliphatic carbocycles. The van der Waals surface area contributed by atoms with Crippen molar-refractivity contribution in [1.29, 1.82) is 0 Å². The third-order valence-corrected chi connectivity index (χ3v) is 4.08. The molecule has 2 aromatic heterocycles. The Kier molecular flexibility index (Phi) is 4.63. The second-order valence-corrected chi connectivity index (χ2v) is 6.08. The minimum absolute atomic E-state index is 0.0413. The number of rotatable bonds is 5. The number of hydrogen-bond donors (Lipinski definition) is 2. The van der Waals surface area contributed by atoms with Crippen LogP contribution in [0.1, 0.15) is 0 Å². The Balaban J connectivity index is 1.66. The summed E-state index contributed by atoms with van der Waals surface area (Å²) >= 11 is 7.01. The van der Waals surface area contributed by atoms with Gasteiger partial charge in [-0.3, -0.25) is 14.9 Å². The number of para-hydroxylation sites is 2. The first kappa shape index (κ1) is 16.2. The number of imidazole rings is 1. The fourth-order valence-corrected chi connectivity index (χ4v) is 2.81. The van der Waals surface area contributed by atoms with Gasteiger partial charge in [-0.1, -0.05) is 35.5 Å². The number of nitrogens with zero attached hydrogens (tertiary/aromatic N) is 3. The lowest BCUT2D eigenvalue weighted by Gasteiger charge is -2.04. The van der Waals surface area contributed by atoms with E-state index in [0.717, 1.165) is 11.8 Å². The zero-order chi connectivity index (χ0) is 17.1. The van der Waals surface area contributed by atoms with Gasteiger partial charge in [-0.05, 0) is 12.1 Å². The fraction of sp³-hybridized carbons (Fsp3) is 0.0714. The number of thioether (sulfide) groups is 1. The Morgan fingerprint density at radius 3 is 3.00 bits per heavy atom. The zero-order valence-corrected chi connectivity index (χ0v) is 13.6. The lowest BCUT2D eigenvalue weighted by atomic mass is 10.2. The second-order valence-electron chi connectivity index (χ2n) is 4.68. The molecule has 0 radical (unpaired) electrons. The van der Waals surface area contributed by atoms with Crippen molar-refractivity contribution in [2.75, 3.05) is 11.1 Å². The average Bonchev–Trinajstić information content (AvgIpc) is 2.95. The van der Waals surface area contributed by atoms with E-state index in [0.29, 0.717) is 21.3 Å². The number of hydrogen-bond acceptors (Lipinski definition) is 6. The van der Waals surface area contributed by atoms with E-state index in [9.17, 15) is 14.9 Å². The van der Waals surface area contributed by atoms with Gasteiger partial charge in [0.2, 0.25) is 5.91 Å². The van der Waals surface area contributed by atoms with E-state index in [1.807, 2.05) is 0 Å². The number of nitrogens with one attached hydrogen (secondary N) is 2. The summed E-state index contributed by atoms with van der Waals surface area (Å²) < 4.78 is 0. The number of pyridine rings is 1. The van der Waals surface area contributed by atoms with Crippen molar-refractivity contribution in [3.05, 3.63) is 51.7 Å². The predicted molar refractivity (Wildman–Crippen MR) is 91.3 cm³/mol. The fourth-order valence-electron chi connectivity index (χ4n) is 1.98. The minimum Gasteiger partial charge on any atom is -0.331 e. The van der Waals surface area contributed by atoms with Crippen molar-refractivity contribution in [3.8, 4) is 0 Å². The Labute approximate surface area is 144 Å². The highest BCUT2D eigenvalue weighted by Crippen LogP contribution is 2.24. The molecule has 0 saturated carbocycles. The van der Waals surface area contributed by atoms with Crippen LogP contribution < -0.4 is 5.32 Å². The van der Waals surface area contributed by atoms with Crippen molar-refractivity contribution < 1.29 is 9.72 Å². The molecule has 0 unspecified atom stereocenters. The van der Waals surface area contributed by atoms with Crippen LogP contribution in [0.5, 0.6) is 0 Å². The molecule has 8 nitrogen and oxygen atoms in total. The number of H-pyrrole nitrogens is 1. The van der Waals surface area contributed by atoms with Gasteiger partial charge >= 0.3 is 0 Å². The highest BCUT2D eigenvalue weighted by atomic mass is 35.5. The van der Waals surface area contributed by atoms with Gasteiger partial charge in [0.1, 0.15) is 5.69 Å². The third-order valence-electron chi connectivity index (χ3n) is 3.00. The molecule has 0 bridgehead atoms. The minimum atomic E-state index is -0.544. The standard InChI is InChI=1S/C14H10ClN5O3S/c15-8-5-10-13(16-6-8)19-14(18-10)24-7-12(21)17-9-3-1-2-4-11(9)20(22)23/h1-6H,7H2,(H,17,21)(H,16,18,19). The first-order valence-electron chi connectivity index (χ1n) is 6.70. The molecule has 10 heteroatoms. The molecular formula is C14H10ClN5O3S. The Hall–Kier alpha value is -2.65. The molecule has 3 rings (SSSR count). The van der Waals surface area contributed by atoms with Crippen LogP contribution in [0.4, 0.5) is 11.4 Å². The van der Waals surface area contributed by atoms with E-state index in [1.54, 1.807) is 12.1 Å². The van der Waals surface area contributed by atoms with Gasteiger partial charge in [0.15, 0.2) is 10.8 Å². The number of benzene rings is 1. The summed E-state index contributed by atoms with van der Waals surface area (Å²) in [5.41, 5.74) is 1.18. The summed E-state index contributed by atoms with van der Waals surface area (Å²) in [6.07, 6.45) is 1.49. The van der Waals surface area contributed by atoms with Crippen LogP contribution in [-0.4, -0.2) is 31.5 Å². The summed E-state index contributed by atoms with van der Waals surface area (Å²) in [6.45, 7) is 0. The van der Waals surface area contributed by atoms with Crippen LogP contribution in [0, 0.1) is 10.1 Å². The SMILES string of the molecule is O=C(CSc1nc2ncc(Cl)cc2[nH]1)Nc1ccccc1[N+](=O)[O-]. The number of amides is 1. The monoisotopic (exact) mass is 363 g/mol. The van der Waals surface area contributed by atoms with Crippen LogP contribution in [0.2, 0.25) is 5.02 Å². The number of aromatic amines is 1. The number of fused-ring (bicyclic) bond motifs is 1. The van der Waals surface area contributed by atoms with Crippen molar-refractivity contribution >= 4 is 51.8 Å². The summed E-state index contributed by atoms with van der Waals surface area (Å²) in [5.74, 6) is -0.333. The predicted octanol–water partition coefficient (Wildman–Crippen LogP) is 3.25. The van der Waals surface area contributed by atoms with Crippen molar-refractivity contribution in [2.45, 2.75) is 5.16 Å². The Morgan fingerprint density at radius 2 is 2.21 bits per heavy atom. The molecule has 0 atom stereocenters.